The molecule has 174 valence electrons. The summed E-state index contributed by atoms with van der Waals surface area (Å²) in [5, 5.41) is 7.57. The number of carbonyl (C=O) groups is 1. The molecule has 0 radical (unpaired) electrons. The van der Waals surface area contributed by atoms with E-state index in [4.69, 9.17) is 0 Å². The second kappa shape index (κ2) is 8.99. The predicted molar refractivity (Wildman–Crippen MR) is 122 cm³/mol. The summed E-state index contributed by atoms with van der Waals surface area (Å²) in [4.78, 5) is 25.6. The van der Waals surface area contributed by atoms with Crippen LogP contribution in [0.1, 0.15) is 39.3 Å². The topological polar surface area (TPSA) is 123 Å². The van der Waals surface area contributed by atoms with E-state index < -0.39 is 10.0 Å². The number of amides is 1. The zero-order valence-corrected chi connectivity index (χ0v) is 19.7. The number of piperidine rings is 1. The van der Waals surface area contributed by atoms with Crippen LogP contribution in [0.15, 0.2) is 53.9 Å². The van der Waals surface area contributed by atoms with Crippen molar-refractivity contribution in [1.29, 1.82) is 0 Å². The summed E-state index contributed by atoms with van der Waals surface area (Å²) < 4.78 is 28.6. The van der Waals surface area contributed by atoms with Crippen LogP contribution in [0.3, 0.4) is 0 Å². The summed E-state index contributed by atoms with van der Waals surface area (Å²) in [6.45, 7) is 6.65. The summed E-state index contributed by atoms with van der Waals surface area (Å²) in [5.41, 5.74) is 0.563. The quantitative estimate of drug-likeness (QED) is 0.609. The van der Waals surface area contributed by atoms with Gasteiger partial charge in [0.05, 0.1) is 5.69 Å². The zero-order chi connectivity index (χ0) is 23.6. The number of hydrogen-bond acceptors (Lipinski definition) is 7. The molecule has 10 nitrogen and oxygen atoms in total. The number of pyridine rings is 1. The molecule has 3 aromatic heterocycles. The van der Waals surface area contributed by atoms with Crippen LogP contribution < -0.4 is 5.32 Å². The lowest BCUT2D eigenvalue weighted by Gasteiger charge is -2.30. The first kappa shape index (κ1) is 23.0. The maximum Gasteiger partial charge on any atom is 0.252 e. The van der Waals surface area contributed by atoms with Gasteiger partial charge in [0.2, 0.25) is 15.9 Å². The van der Waals surface area contributed by atoms with Gasteiger partial charge in [0.1, 0.15) is 10.7 Å². The Bertz CT molecular complexity index is 1210. The van der Waals surface area contributed by atoms with E-state index in [-0.39, 0.29) is 35.2 Å². The Morgan fingerprint density at radius 3 is 2.39 bits per heavy atom. The molecular formula is C22H27N7O3S. The highest BCUT2D eigenvalue weighted by molar-refractivity contribution is 7.89. The van der Waals surface area contributed by atoms with E-state index in [1.165, 1.54) is 27.4 Å². The Morgan fingerprint density at radius 1 is 1.09 bits per heavy atom. The summed E-state index contributed by atoms with van der Waals surface area (Å²) in [7, 11) is -3.62. The van der Waals surface area contributed by atoms with Crippen LogP contribution in [0.2, 0.25) is 0 Å². The third-order valence-electron chi connectivity index (χ3n) is 5.57. The Labute approximate surface area is 193 Å². The van der Waals surface area contributed by atoms with Crippen molar-refractivity contribution in [2.45, 2.75) is 43.9 Å². The molecule has 4 rings (SSSR count). The van der Waals surface area contributed by atoms with Gasteiger partial charge in [-0.1, -0.05) is 20.8 Å². The van der Waals surface area contributed by atoms with Gasteiger partial charge in [-0.25, -0.2) is 18.4 Å². The molecular weight excluding hydrogens is 442 g/mol. The van der Waals surface area contributed by atoms with Gasteiger partial charge in [-0.2, -0.15) is 14.1 Å². The zero-order valence-electron chi connectivity index (χ0n) is 18.8. The highest BCUT2D eigenvalue weighted by atomic mass is 32.2. The largest absolute Gasteiger partial charge is 0.310 e. The maximum atomic E-state index is 13.1. The third-order valence-corrected chi connectivity index (χ3v) is 7.45. The minimum atomic E-state index is -3.62. The smallest absolute Gasteiger partial charge is 0.252 e. The molecule has 0 unspecified atom stereocenters. The van der Waals surface area contributed by atoms with E-state index in [9.17, 15) is 13.2 Å². The Kier molecular flexibility index (Phi) is 6.26. The Balaban J connectivity index is 1.48. The number of nitrogens with zero attached hydrogens (tertiary/aromatic N) is 6. The Morgan fingerprint density at radius 2 is 1.79 bits per heavy atom. The van der Waals surface area contributed by atoms with Crippen LogP contribution in [0.5, 0.6) is 0 Å². The first-order chi connectivity index (χ1) is 15.7. The molecule has 1 aliphatic rings. The van der Waals surface area contributed by atoms with E-state index in [1.54, 1.807) is 24.5 Å². The van der Waals surface area contributed by atoms with Crippen LogP contribution in [0.4, 0.5) is 5.82 Å². The fourth-order valence-electron chi connectivity index (χ4n) is 3.63. The molecule has 1 saturated heterocycles. The molecule has 0 spiro atoms. The normalized spacial score (nSPS) is 16.0. The van der Waals surface area contributed by atoms with Crippen molar-refractivity contribution < 1.29 is 13.2 Å². The third kappa shape index (κ3) is 4.93. The first-order valence-corrected chi connectivity index (χ1v) is 12.2. The van der Waals surface area contributed by atoms with Gasteiger partial charge in [-0.3, -0.25) is 9.78 Å². The molecule has 11 heteroatoms. The van der Waals surface area contributed by atoms with Gasteiger partial charge in [-0.05, 0) is 31.0 Å². The lowest BCUT2D eigenvalue weighted by Crippen LogP contribution is -2.41. The van der Waals surface area contributed by atoms with Crippen molar-refractivity contribution in [3.63, 3.8) is 0 Å². The van der Waals surface area contributed by atoms with Crippen LogP contribution >= 0.6 is 0 Å². The lowest BCUT2D eigenvalue weighted by molar-refractivity contribution is -0.120. The van der Waals surface area contributed by atoms with Crippen molar-refractivity contribution in [2.75, 3.05) is 18.4 Å². The van der Waals surface area contributed by atoms with E-state index in [1.807, 2.05) is 26.8 Å². The maximum absolute atomic E-state index is 13.1. The number of rotatable bonds is 5. The van der Waals surface area contributed by atoms with Crippen LogP contribution in [0, 0.1) is 5.92 Å². The number of sulfonamides is 1. The van der Waals surface area contributed by atoms with E-state index in [0.29, 0.717) is 24.6 Å². The van der Waals surface area contributed by atoms with Crippen molar-refractivity contribution in [2.24, 2.45) is 5.92 Å². The van der Waals surface area contributed by atoms with Gasteiger partial charge in [0.15, 0.2) is 0 Å². The van der Waals surface area contributed by atoms with E-state index in [2.05, 4.69) is 25.4 Å². The van der Waals surface area contributed by atoms with Crippen LogP contribution in [-0.2, 0) is 20.2 Å². The van der Waals surface area contributed by atoms with Crippen molar-refractivity contribution in [3.8, 4) is 5.95 Å². The van der Waals surface area contributed by atoms with Gasteiger partial charge < -0.3 is 5.32 Å². The minimum Gasteiger partial charge on any atom is -0.310 e. The monoisotopic (exact) mass is 469 g/mol. The fourth-order valence-corrected chi connectivity index (χ4v) is 5.06. The fraction of sp³-hybridized carbons (Fsp3) is 0.409. The molecule has 1 N–H and O–H groups in total. The number of aromatic nitrogens is 5. The molecule has 1 amide bonds. The van der Waals surface area contributed by atoms with Crippen LogP contribution in [0.25, 0.3) is 5.95 Å². The molecule has 0 aromatic carbocycles. The average molecular weight is 470 g/mol. The first-order valence-electron chi connectivity index (χ1n) is 10.8. The van der Waals surface area contributed by atoms with Gasteiger partial charge in [-0.15, -0.1) is 0 Å². The minimum absolute atomic E-state index is 0.161. The Hall–Kier alpha value is -3.18. The van der Waals surface area contributed by atoms with Crippen molar-refractivity contribution in [1.82, 2.24) is 29.0 Å². The molecule has 0 aliphatic carbocycles. The molecule has 0 bridgehead atoms. The summed E-state index contributed by atoms with van der Waals surface area (Å²) >= 11 is 0. The standard InChI is InChI=1S/C22H27N7O3S/c1-22(2,3)18-14-19(29(27-18)21-24-10-5-11-25-21)26-20(30)16-7-12-28(13-8-16)33(31,32)17-6-4-9-23-15-17/h4-6,9-11,14-16H,7-8,12-13H2,1-3H3,(H,26,30). The number of hydrogen-bond donors (Lipinski definition) is 1. The lowest BCUT2D eigenvalue weighted by atomic mass is 9.92. The summed E-state index contributed by atoms with van der Waals surface area (Å²) in [6.07, 6.45) is 6.95. The van der Waals surface area contributed by atoms with E-state index >= 15 is 0 Å². The summed E-state index contributed by atoms with van der Waals surface area (Å²) in [5.74, 6) is 0.358. The van der Waals surface area contributed by atoms with Crippen molar-refractivity contribution >= 4 is 21.7 Å². The molecule has 4 heterocycles. The molecule has 1 fully saturated rings. The van der Waals surface area contributed by atoms with Gasteiger partial charge in [0, 0.05) is 55.3 Å². The predicted octanol–water partition coefficient (Wildman–Crippen LogP) is 2.39. The molecule has 3 aromatic rings. The molecule has 33 heavy (non-hydrogen) atoms. The van der Waals surface area contributed by atoms with Crippen molar-refractivity contribution in [3.05, 3.63) is 54.7 Å². The number of anilines is 1. The second-order valence-electron chi connectivity index (χ2n) is 8.98. The number of nitrogens with one attached hydrogen (secondary N) is 1. The number of carbonyl (C=O) groups excluding carboxylic acids is 1. The highest BCUT2D eigenvalue weighted by Crippen LogP contribution is 2.28. The van der Waals surface area contributed by atoms with Crippen LogP contribution in [-0.4, -0.2) is 56.5 Å². The highest BCUT2D eigenvalue weighted by Gasteiger charge is 2.33. The molecule has 0 saturated carbocycles. The van der Waals surface area contributed by atoms with Gasteiger partial charge in [0.25, 0.3) is 5.95 Å². The SMILES string of the molecule is CC(C)(C)c1cc(NC(=O)C2CCN(S(=O)(=O)c3cccnc3)CC2)n(-c2ncccn2)n1. The van der Waals surface area contributed by atoms with Gasteiger partial charge >= 0.3 is 0 Å². The molecule has 1 aliphatic heterocycles. The molecule has 0 atom stereocenters. The van der Waals surface area contributed by atoms with E-state index in [0.717, 1.165) is 5.69 Å². The second-order valence-corrected chi connectivity index (χ2v) is 10.9. The average Bonchev–Trinajstić information content (AvgIpc) is 3.25. The summed E-state index contributed by atoms with van der Waals surface area (Å²) in [6, 6.07) is 6.67.